The maximum absolute atomic E-state index is 12.8. The zero-order valence-corrected chi connectivity index (χ0v) is 15.6. The maximum atomic E-state index is 12.8. The topological polar surface area (TPSA) is 58.2 Å². The van der Waals surface area contributed by atoms with Gasteiger partial charge in [-0.25, -0.2) is 0 Å². The number of carbonyl (C=O) groups is 2. The number of fused-ring (bicyclic) bond motifs is 1. The van der Waals surface area contributed by atoms with Gasteiger partial charge in [0, 0.05) is 22.0 Å². The molecule has 4 nitrogen and oxygen atoms in total. The Bertz CT molecular complexity index is 918. The van der Waals surface area contributed by atoms with Gasteiger partial charge in [0.2, 0.25) is 11.8 Å². The Morgan fingerprint density at radius 1 is 1.30 bits per heavy atom. The van der Waals surface area contributed by atoms with E-state index >= 15 is 0 Å². The molecule has 2 aromatic carbocycles. The first-order valence-corrected chi connectivity index (χ1v) is 9.14. The van der Waals surface area contributed by atoms with Crippen LogP contribution in [0.2, 0.25) is 5.02 Å². The van der Waals surface area contributed by atoms with E-state index in [-0.39, 0.29) is 18.0 Å². The van der Waals surface area contributed by atoms with E-state index in [1.807, 2.05) is 0 Å². The minimum atomic E-state index is -4.49. The second-order valence-electron chi connectivity index (χ2n) is 5.97. The average molecular weight is 415 g/mol. The Balaban J connectivity index is 1.71. The van der Waals surface area contributed by atoms with Crippen LogP contribution in [-0.2, 0) is 15.8 Å². The lowest BCUT2D eigenvalue weighted by Crippen LogP contribution is -2.32. The van der Waals surface area contributed by atoms with Crippen molar-refractivity contribution in [3.8, 4) is 0 Å². The Labute approximate surface area is 162 Å². The van der Waals surface area contributed by atoms with E-state index < -0.39 is 22.9 Å². The third-order valence-electron chi connectivity index (χ3n) is 4.04. The van der Waals surface area contributed by atoms with Crippen LogP contribution in [0, 0.1) is 6.92 Å². The molecule has 2 amide bonds. The van der Waals surface area contributed by atoms with Crippen molar-refractivity contribution in [2.45, 2.75) is 29.7 Å². The molecule has 2 N–H and O–H groups in total. The highest BCUT2D eigenvalue weighted by Crippen LogP contribution is 2.40. The van der Waals surface area contributed by atoms with Crippen molar-refractivity contribution in [3.63, 3.8) is 0 Å². The first kappa shape index (κ1) is 19.6. The smallest absolute Gasteiger partial charge is 0.326 e. The predicted molar refractivity (Wildman–Crippen MR) is 99.2 cm³/mol. The number of nitrogens with one attached hydrogen (secondary N) is 2. The highest BCUT2D eigenvalue weighted by Gasteiger charge is 2.34. The Hall–Kier alpha value is -2.19. The summed E-state index contributed by atoms with van der Waals surface area (Å²) < 4.78 is 38.4. The summed E-state index contributed by atoms with van der Waals surface area (Å²) in [6.45, 7) is 1.76. The quantitative estimate of drug-likeness (QED) is 0.733. The monoisotopic (exact) mass is 414 g/mol. The summed E-state index contributed by atoms with van der Waals surface area (Å²) >= 11 is 7.08. The number of alkyl halides is 3. The van der Waals surface area contributed by atoms with Gasteiger partial charge in [0.25, 0.3) is 0 Å². The van der Waals surface area contributed by atoms with Crippen molar-refractivity contribution in [1.82, 2.24) is 0 Å². The molecule has 1 atom stereocenters. The minimum absolute atomic E-state index is 0.0992. The Kier molecular flexibility index (Phi) is 5.39. The number of anilines is 2. The van der Waals surface area contributed by atoms with Crippen molar-refractivity contribution >= 4 is 46.6 Å². The largest absolute Gasteiger partial charge is 0.416 e. The first-order chi connectivity index (χ1) is 12.6. The molecular formula is C18H14ClF3N2O2S. The molecule has 1 heterocycles. The van der Waals surface area contributed by atoms with E-state index in [2.05, 4.69) is 10.6 Å². The summed E-state index contributed by atoms with van der Waals surface area (Å²) in [6, 6.07) is 8.24. The van der Waals surface area contributed by atoms with Gasteiger partial charge in [-0.05, 0) is 42.8 Å². The van der Waals surface area contributed by atoms with Crippen molar-refractivity contribution in [1.29, 1.82) is 0 Å². The number of hydrogen-bond donors (Lipinski definition) is 2. The zero-order valence-electron chi connectivity index (χ0n) is 14.0. The SMILES string of the molecule is Cc1c(Cl)cccc1NC(=O)C[C@@H]1Sc2ccc(C(F)(F)F)cc2NC1=O. The molecule has 0 aliphatic carbocycles. The molecule has 9 heteroatoms. The first-order valence-electron chi connectivity index (χ1n) is 7.89. The van der Waals surface area contributed by atoms with Crippen LogP contribution < -0.4 is 10.6 Å². The van der Waals surface area contributed by atoms with Crippen LogP contribution in [0.25, 0.3) is 0 Å². The van der Waals surface area contributed by atoms with Gasteiger partial charge >= 0.3 is 6.18 Å². The number of amides is 2. The van der Waals surface area contributed by atoms with Crippen LogP contribution in [0.1, 0.15) is 17.5 Å². The lowest BCUT2D eigenvalue weighted by molar-refractivity contribution is -0.137. The second-order valence-corrected chi connectivity index (χ2v) is 7.62. The van der Waals surface area contributed by atoms with Crippen LogP contribution in [-0.4, -0.2) is 17.1 Å². The fourth-order valence-corrected chi connectivity index (χ4v) is 3.84. The molecule has 0 aromatic heterocycles. The summed E-state index contributed by atoms with van der Waals surface area (Å²) in [6.07, 6.45) is -4.61. The summed E-state index contributed by atoms with van der Waals surface area (Å²) in [5.74, 6) is -0.895. The second kappa shape index (κ2) is 7.44. The summed E-state index contributed by atoms with van der Waals surface area (Å²) in [4.78, 5) is 25.0. The molecule has 2 aromatic rings. The van der Waals surface area contributed by atoms with E-state index in [0.29, 0.717) is 21.2 Å². The Morgan fingerprint density at radius 3 is 2.74 bits per heavy atom. The normalized spacial score (nSPS) is 16.5. The van der Waals surface area contributed by atoms with Crippen molar-refractivity contribution < 1.29 is 22.8 Å². The van der Waals surface area contributed by atoms with Crippen LogP contribution in [0.4, 0.5) is 24.5 Å². The van der Waals surface area contributed by atoms with Gasteiger partial charge in [-0.2, -0.15) is 13.2 Å². The fraction of sp³-hybridized carbons (Fsp3) is 0.222. The zero-order chi connectivity index (χ0) is 19.8. The number of thioether (sulfide) groups is 1. The predicted octanol–water partition coefficient (Wildman–Crippen LogP) is 5.11. The standard InChI is InChI=1S/C18H14ClF3N2O2S/c1-9-11(19)3-2-4-12(9)23-16(25)8-15-17(26)24-13-7-10(18(20,21)22)5-6-14(13)27-15/h2-7,15H,8H2,1H3,(H,23,25)(H,24,26)/t15-/m0/s1. The summed E-state index contributed by atoms with van der Waals surface area (Å²) in [5, 5.41) is 4.92. The van der Waals surface area contributed by atoms with E-state index in [1.54, 1.807) is 25.1 Å². The van der Waals surface area contributed by atoms with Gasteiger partial charge in [0.05, 0.1) is 16.5 Å². The highest BCUT2D eigenvalue weighted by molar-refractivity contribution is 8.01. The highest BCUT2D eigenvalue weighted by atomic mass is 35.5. The molecule has 0 bridgehead atoms. The molecule has 142 valence electrons. The minimum Gasteiger partial charge on any atom is -0.326 e. The maximum Gasteiger partial charge on any atom is 0.416 e. The van der Waals surface area contributed by atoms with Gasteiger partial charge in [0.15, 0.2) is 0 Å². The molecule has 1 aliphatic heterocycles. The van der Waals surface area contributed by atoms with Crippen molar-refractivity contribution in [3.05, 3.63) is 52.5 Å². The summed E-state index contributed by atoms with van der Waals surface area (Å²) in [7, 11) is 0. The molecule has 0 spiro atoms. The van der Waals surface area contributed by atoms with Gasteiger partial charge in [-0.3, -0.25) is 9.59 Å². The molecular weight excluding hydrogens is 401 g/mol. The van der Waals surface area contributed by atoms with Gasteiger partial charge in [0.1, 0.15) is 0 Å². The molecule has 0 saturated heterocycles. The number of carbonyl (C=O) groups excluding carboxylic acids is 2. The number of rotatable bonds is 3. The molecule has 27 heavy (non-hydrogen) atoms. The number of halogens is 4. The van der Waals surface area contributed by atoms with E-state index in [9.17, 15) is 22.8 Å². The molecule has 0 fully saturated rings. The molecule has 0 saturated carbocycles. The molecule has 3 rings (SSSR count). The fourth-order valence-electron chi connectivity index (χ4n) is 2.57. The van der Waals surface area contributed by atoms with Crippen molar-refractivity contribution in [2.24, 2.45) is 0 Å². The van der Waals surface area contributed by atoms with Crippen LogP contribution in [0.5, 0.6) is 0 Å². The lowest BCUT2D eigenvalue weighted by atomic mass is 10.1. The third-order valence-corrected chi connectivity index (χ3v) is 5.72. The molecule has 1 aliphatic rings. The van der Waals surface area contributed by atoms with Crippen LogP contribution in [0.3, 0.4) is 0 Å². The van der Waals surface area contributed by atoms with Gasteiger partial charge in [-0.1, -0.05) is 17.7 Å². The molecule has 0 radical (unpaired) electrons. The van der Waals surface area contributed by atoms with E-state index in [4.69, 9.17) is 11.6 Å². The Morgan fingerprint density at radius 2 is 2.04 bits per heavy atom. The average Bonchev–Trinajstić information content (AvgIpc) is 2.58. The van der Waals surface area contributed by atoms with Crippen molar-refractivity contribution in [2.75, 3.05) is 10.6 Å². The van der Waals surface area contributed by atoms with E-state index in [1.165, 1.54) is 6.07 Å². The number of hydrogen-bond acceptors (Lipinski definition) is 3. The summed E-state index contributed by atoms with van der Waals surface area (Å²) in [5.41, 5.74) is 0.513. The van der Waals surface area contributed by atoms with E-state index in [0.717, 1.165) is 23.9 Å². The third kappa shape index (κ3) is 4.39. The van der Waals surface area contributed by atoms with Crippen LogP contribution >= 0.6 is 23.4 Å². The van der Waals surface area contributed by atoms with Gasteiger partial charge < -0.3 is 10.6 Å². The lowest BCUT2D eigenvalue weighted by Gasteiger charge is -2.24. The van der Waals surface area contributed by atoms with Crippen LogP contribution in [0.15, 0.2) is 41.3 Å². The van der Waals surface area contributed by atoms with Gasteiger partial charge in [-0.15, -0.1) is 11.8 Å². The molecule has 0 unspecified atom stereocenters. The number of benzene rings is 2.